The Kier molecular flexibility index (Phi) is 60.8. The molecule has 0 radical (unpaired) electrons. The van der Waals surface area contributed by atoms with Crippen LogP contribution in [0.5, 0.6) is 0 Å². The molecular formula is C70H136O17P2. The molecule has 0 bridgehead atoms. The van der Waals surface area contributed by atoms with E-state index in [1.54, 1.807) is 0 Å². The average Bonchev–Trinajstić information content (AvgIpc) is 3.59. The van der Waals surface area contributed by atoms with Gasteiger partial charge in [-0.2, -0.15) is 0 Å². The van der Waals surface area contributed by atoms with E-state index in [-0.39, 0.29) is 25.7 Å². The van der Waals surface area contributed by atoms with E-state index in [0.717, 1.165) is 108 Å². The topological polar surface area (TPSA) is 237 Å². The SMILES string of the molecule is CCCCCCCCCCCCCCCCCC(=O)O[C@H](COC(=O)CCCCCCCCCCCCC(C)CC)COP(=O)(O)OC[C@@H](O)COP(=O)(O)OC[C@@H](COC(=O)CCCCCCCCCC)OC(=O)CCCCCCCCCCCC(C)C. The fraction of sp³-hybridized carbons (Fsp3) is 0.943. The number of rotatable bonds is 69. The Bertz CT molecular complexity index is 1740. The molecule has 89 heavy (non-hydrogen) atoms. The van der Waals surface area contributed by atoms with Crippen molar-refractivity contribution in [1.29, 1.82) is 0 Å². The molecule has 0 fully saturated rings. The summed E-state index contributed by atoms with van der Waals surface area (Å²) in [6, 6.07) is 0. The minimum atomic E-state index is -4.95. The van der Waals surface area contributed by atoms with Gasteiger partial charge >= 0.3 is 39.5 Å². The zero-order valence-electron chi connectivity index (χ0n) is 57.7. The number of aliphatic hydroxyl groups excluding tert-OH is 1. The summed E-state index contributed by atoms with van der Waals surface area (Å²) in [7, 11) is -9.90. The van der Waals surface area contributed by atoms with E-state index >= 15 is 0 Å². The molecule has 0 saturated heterocycles. The smallest absolute Gasteiger partial charge is 0.462 e. The number of carbonyl (C=O) groups is 4. The van der Waals surface area contributed by atoms with Gasteiger partial charge in [0.25, 0.3) is 0 Å². The minimum absolute atomic E-state index is 0.105. The van der Waals surface area contributed by atoms with Crippen LogP contribution < -0.4 is 0 Å². The predicted octanol–water partition coefficient (Wildman–Crippen LogP) is 20.0. The molecule has 6 atom stereocenters. The summed E-state index contributed by atoms with van der Waals surface area (Å²) >= 11 is 0. The second-order valence-electron chi connectivity index (χ2n) is 26.0. The van der Waals surface area contributed by atoms with Crippen molar-refractivity contribution in [3.8, 4) is 0 Å². The fourth-order valence-corrected chi connectivity index (χ4v) is 12.1. The third-order valence-corrected chi connectivity index (χ3v) is 18.5. The van der Waals surface area contributed by atoms with Crippen LogP contribution in [0.4, 0.5) is 0 Å². The Morgan fingerprint density at radius 1 is 0.326 bits per heavy atom. The van der Waals surface area contributed by atoms with Crippen molar-refractivity contribution in [2.45, 2.75) is 374 Å². The van der Waals surface area contributed by atoms with Gasteiger partial charge in [-0.25, -0.2) is 9.13 Å². The molecule has 17 nitrogen and oxygen atoms in total. The summed E-state index contributed by atoms with van der Waals surface area (Å²) in [5.74, 6) is -0.579. The molecule has 0 aliphatic heterocycles. The van der Waals surface area contributed by atoms with Gasteiger partial charge < -0.3 is 33.8 Å². The lowest BCUT2D eigenvalue weighted by molar-refractivity contribution is -0.161. The summed E-state index contributed by atoms with van der Waals surface area (Å²) in [4.78, 5) is 72.5. The van der Waals surface area contributed by atoms with E-state index in [4.69, 9.17) is 37.0 Å². The van der Waals surface area contributed by atoms with Gasteiger partial charge in [0.15, 0.2) is 12.2 Å². The van der Waals surface area contributed by atoms with Crippen LogP contribution in [0.25, 0.3) is 0 Å². The molecule has 0 aliphatic carbocycles. The maximum Gasteiger partial charge on any atom is 0.472 e. The van der Waals surface area contributed by atoms with E-state index in [9.17, 15) is 43.2 Å². The fourth-order valence-electron chi connectivity index (χ4n) is 10.6. The number of hydrogen-bond donors (Lipinski definition) is 3. The first-order valence-electron chi connectivity index (χ1n) is 36.5. The number of unbranched alkanes of at least 4 members (excludes halogenated alkanes) is 38. The number of phosphoric acid groups is 2. The Morgan fingerprint density at radius 3 is 0.854 bits per heavy atom. The quantitative estimate of drug-likeness (QED) is 0.0222. The lowest BCUT2D eigenvalue weighted by atomic mass is 9.99. The van der Waals surface area contributed by atoms with Crippen molar-refractivity contribution in [1.82, 2.24) is 0 Å². The van der Waals surface area contributed by atoms with Gasteiger partial charge in [-0.1, -0.05) is 305 Å². The molecule has 528 valence electrons. The molecule has 0 rings (SSSR count). The molecule has 3 unspecified atom stereocenters. The molecule has 0 aromatic heterocycles. The van der Waals surface area contributed by atoms with Gasteiger partial charge in [0.2, 0.25) is 0 Å². The zero-order valence-corrected chi connectivity index (χ0v) is 59.5. The van der Waals surface area contributed by atoms with E-state index in [0.29, 0.717) is 25.7 Å². The zero-order chi connectivity index (χ0) is 65.7. The average molecular weight is 1310 g/mol. The van der Waals surface area contributed by atoms with Gasteiger partial charge in [0.05, 0.1) is 26.4 Å². The largest absolute Gasteiger partial charge is 0.472 e. The van der Waals surface area contributed by atoms with Gasteiger partial charge in [-0.15, -0.1) is 0 Å². The summed E-state index contributed by atoms with van der Waals surface area (Å²) in [5, 5.41) is 10.6. The molecule has 0 aliphatic rings. The predicted molar refractivity (Wildman–Crippen MR) is 358 cm³/mol. The lowest BCUT2D eigenvalue weighted by Crippen LogP contribution is -2.30. The van der Waals surface area contributed by atoms with Crippen LogP contribution in [0.3, 0.4) is 0 Å². The highest BCUT2D eigenvalue weighted by Crippen LogP contribution is 2.45. The number of ether oxygens (including phenoxy) is 4. The van der Waals surface area contributed by atoms with E-state index in [1.165, 1.54) is 167 Å². The summed E-state index contributed by atoms with van der Waals surface area (Å²) in [5.41, 5.74) is 0. The van der Waals surface area contributed by atoms with Gasteiger partial charge in [0, 0.05) is 25.7 Å². The van der Waals surface area contributed by atoms with Gasteiger partial charge in [-0.3, -0.25) is 37.3 Å². The first-order valence-corrected chi connectivity index (χ1v) is 39.5. The van der Waals surface area contributed by atoms with Crippen LogP contribution in [0.2, 0.25) is 0 Å². The second kappa shape index (κ2) is 62.2. The Balaban J connectivity index is 5.23. The first kappa shape index (κ1) is 87.1. The second-order valence-corrected chi connectivity index (χ2v) is 28.9. The van der Waals surface area contributed by atoms with Crippen LogP contribution in [0.15, 0.2) is 0 Å². The first-order chi connectivity index (χ1) is 42.9. The molecule has 0 saturated carbocycles. The van der Waals surface area contributed by atoms with Crippen molar-refractivity contribution in [3.63, 3.8) is 0 Å². The highest BCUT2D eigenvalue weighted by atomic mass is 31.2. The van der Waals surface area contributed by atoms with E-state index < -0.39 is 97.5 Å². The molecule has 3 N–H and O–H groups in total. The van der Waals surface area contributed by atoms with Crippen molar-refractivity contribution < 1.29 is 80.2 Å². The van der Waals surface area contributed by atoms with Crippen LogP contribution >= 0.6 is 15.6 Å². The third kappa shape index (κ3) is 63.2. The highest BCUT2D eigenvalue weighted by Gasteiger charge is 2.30. The normalized spacial score (nSPS) is 14.4. The number of esters is 4. The Morgan fingerprint density at radius 2 is 0.573 bits per heavy atom. The minimum Gasteiger partial charge on any atom is -0.462 e. The van der Waals surface area contributed by atoms with E-state index in [2.05, 4.69) is 41.5 Å². The molecule has 0 amide bonds. The van der Waals surface area contributed by atoms with Crippen molar-refractivity contribution >= 4 is 39.5 Å². The molecule has 19 heteroatoms. The summed E-state index contributed by atoms with van der Waals surface area (Å²) in [6.07, 6.45) is 47.1. The van der Waals surface area contributed by atoms with Crippen LogP contribution in [-0.4, -0.2) is 96.7 Å². The monoisotopic (exact) mass is 1310 g/mol. The lowest BCUT2D eigenvalue weighted by Gasteiger charge is -2.21. The number of aliphatic hydroxyl groups is 1. The van der Waals surface area contributed by atoms with Crippen molar-refractivity contribution in [3.05, 3.63) is 0 Å². The van der Waals surface area contributed by atoms with Crippen LogP contribution in [0.1, 0.15) is 356 Å². The molecule has 0 spiro atoms. The van der Waals surface area contributed by atoms with Crippen molar-refractivity contribution in [2.24, 2.45) is 11.8 Å². The van der Waals surface area contributed by atoms with Gasteiger partial charge in [0.1, 0.15) is 19.3 Å². The third-order valence-electron chi connectivity index (χ3n) is 16.6. The van der Waals surface area contributed by atoms with Crippen molar-refractivity contribution in [2.75, 3.05) is 39.6 Å². The van der Waals surface area contributed by atoms with Gasteiger partial charge in [-0.05, 0) is 37.5 Å². The highest BCUT2D eigenvalue weighted by molar-refractivity contribution is 7.47. The maximum atomic E-state index is 13.0. The number of phosphoric ester groups is 2. The summed E-state index contributed by atoms with van der Waals surface area (Å²) in [6.45, 7) is 9.53. The molecule has 0 heterocycles. The summed E-state index contributed by atoms with van der Waals surface area (Å²) < 4.78 is 68.2. The Labute approximate surface area is 543 Å². The van der Waals surface area contributed by atoms with E-state index in [1.807, 2.05) is 0 Å². The Hall–Kier alpha value is -1.94. The molecule has 0 aromatic rings. The van der Waals surface area contributed by atoms with Crippen LogP contribution in [0, 0.1) is 11.8 Å². The standard InChI is InChI=1S/C70H136O17P2/c1-7-10-12-14-16-18-19-20-21-22-23-30-36-42-48-54-69(74)86-66(59-81-68(73)53-47-41-35-29-25-24-28-33-39-45-51-63(6)9-3)61-85-89(78,79)83-57-64(71)56-82-88(76,77)84-60-65(58-80-67(72)52-46-40-34-17-15-13-11-8-2)87-70(75)55-49-43-37-31-26-27-32-38-44-50-62(4)5/h62-66,71H,7-61H2,1-6H3,(H,76,77)(H,78,79)/t63?,64-,65+,66+/m0/s1. The van der Waals surface area contributed by atoms with Crippen LogP contribution in [-0.2, 0) is 65.4 Å². The number of hydrogen-bond acceptors (Lipinski definition) is 15. The molecular weight excluding hydrogens is 1170 g/mol. The maximum absolute atomic E-state index is 13.0. The molecule has 0 aromatic carbocycles. The number of carbonyl (C=O) groups excluding carboxylic acids is 4.